The summed E-state index contributed by atoms with van der Waals surface area (Å²) in [6, 6.07) is 8.26. The average Bonchev–Trinajstić information content (AvgIpc) is 3.25. The van der Waals surface area contributed by atoms with Crippen LogP contribution in [0.3, 0.4) is 0 Å². The standard InChI is InChI=1S/C14H10ClNO3S4/c15-12-3-4-13(22-12)23(18,19)16-7-10-1-2-11(21-10)14(17)9-5-6-20-8-9/h1-6,8,16H,7H2. The second-order valence-corrected chi connectivity index (χ2v) is 10.1. The van der Waals surface area contributed by atoms with E-state index in [4.69, 9.17) is 11.6 Å². The quantitative estimate of drug-likeness (QED) is 0.626. The molecule has 0 unspecified atom stereocenters. The molecule has 9 heteroatoms. The van der Waals surface area contributed by atoms with Crippen LogP contribution in [0.5, 0.6) is 0 Å². The van der Waals surface area contributed by atoms with Gasteiger partial charge in [-0.1, -0.05) is 11.6 Å². The molecule has 1 N–H and O–H groups in total. The van der Waals surface area contributed by atoms with Crippen molar-refractivity contribution in [2.75, 3.05) is 0 Å². The summed E-state index contributed by atoms with van der Waals surface area (Å²) in [5, 5.41) is 3.65. The fraction of sp³-hybridized carbons (Fsp3) is 0.0714. The van der Waals surface area contributed by atoms with Crippen LogP contribution < -0.4 is 4.72 Å². The highest BCUT2D eigenvalue weighted by Crippen LogP contribution is 2.26. The number of hydrogen-bond acceptors (Lipinski definition) is 6. The lowest BCUT2D eigenvalue weighted by Gasteiger charge is -2.02. The van der Waals surface area contributed by atoms with Crippen molar-refractivity contribution >= 4 is 61.4 Å². The average molecular weight is 404 g/mol. The van der Waals surface area contributed by atoms with Gasteiger partial charge in [-0.15, -0.1) is 22.7 Å². The molecule has 0 atom stereocenters. The Balaban J connectivity index is 1.69. The molecule has 0 aliphatic heterocycles. The van der Waals surface area contributed by atoms with E-state index in [0.29, 0.717) is 14.8 Å². The second-order valence-electron chi connectivity index (χ2n) is 4.49. The molecule has 0 spiro atoms. The van der Waals surface area contributed by atoms with Gasteiger partial charge in [0.1, 0.15) is 4.21 Å². The van der Waals surface area contributed by atoms with E-state index in [2.05, 4.69) is 4.72 Å². The Labute approximate surface area is 150 Å². The maximum absolute atomic E-state index is 12.2. The van der Waals surface area contributed by atoms with Gasteiger partial charge in [-0.05, 0) is 35.7 Å². The van der Waals surface area contributed by atoms with Gasteiger partial charge in [-0.2, -0.15) is 11.3 Å². The Hall–Kier alpha value is -1.03. The van der Waals surface area contributed by atoms with Gasteiger partial charge in [0, 0.05) is 22.4 Å². The monoisotopic (exact) mass is 403 g/mol. The van der Waals surface area contributed by atoms with E-state index in [0.717, 1.165) is 16.2 Å². The lowest BCUT2D eigenvalue weighted by molar-refractivity contribution is 0.104. The molecule has 0 aromatic carbocycles. The Morgan fingerprint density at radius 3 is 2.61 bits per heavy atom. The largest absolute Gasteiger partial charge is 0.288 e. The molecule has 0 saturated carbocycles. The minimum absolute atomic E-state index is 0.0459. The summed E-state index contributed by atoms with van der Waals surface area (Å²) in [5.74, 6) is -0.0459. The summed E-state index contributed by atoms with van der Waals surface area (Å²) in [6.45, 7) is 0.138. The number of carbonyl (C=O) groups excluding carboxylic acids is 1. The summed E-state index contributed by atoms with van der Waals surface area (Å²) in [6.07, 6.45) is 0. The molecular formula is C14H10ClNO3S4. The van der Waals surface area contributed by atoms with Crippen LogP contribution in [0.25, 0.3) is 0 Å². The van der Waals surface area contributed by atoms with E-state index in [1.807, 2.05) is 5.38 Å². The normalized spacial score (nSPS) is 11.7. The molecule has 0 aliphatic carbocycles. The van der Waals surface area contributed by atoms with Gasteiger partial charge in [0.15, 0.2) is 0 Å². The van der Waals surface area contributed by atoms with Crippen molar-refractivity contribution in [1.29, 1.82) is 0 Å². The molecule has 0 radical (unpaired) electrons. The van der Waals surface area contributed by atoms with Crippen molar-refractivity contribution in [1.82, 2.24) is 4.72 Å². The number of hydrogen-bond donors (Lipinski definition) is 1. The fourth-order valence-electron chi connectivity index (χ4n) is 1.81. The summed E-state index contributed by atoms with van der Waals surface area (Å²) in [4.78, 5) is 13.6. The minimum Gasteiger partial charge on any atom is -0.288 e. The highest BCUT2D eigenvalue weighted by Gasteiger charge is 2.17. The summed E-state index contributed by atoms with van der Waals surface area (Å²) in [7, 11) is -3.58. The molecule has 120 valence electrons. The Bertz CT molecular complexity index is 925. The molecule has 0 saturated heterocycles. The Morgan fingerprint density at radius 2 is 1.96 bits per heavy atom. The fourth-order valence-corrected chi connectivity index (χ4v) is 5.98. The van der Waals surface area contributed by atoms with Crippen LogP contribution in [-0.2, 0) is 16.6 Å². The van der Waals surface area contributed by atoms with Gasteiger partial charge in [0.2, 0.25) is 15.8 Å². The molecule has 3 aromatic rings. The summed E-state index contributed by atoms with van der Waals surface area (Å²) in [5.41, 5.74) is 0.650. The van der Waals surface area contributed by atoms with E-state index in [-0.39, 0.29) is 16.5 Å². The maximum atomic E-state index is 12.2. The first kappa shape index (κ1) is 16.8. The maximum Gasteiger partial charge on any atom is 0.250 e. The van der Waals surface area contributed by atoms with Gasteiger partial charge in [0.05, 0.1) is 9.21 Å². The highest BCUT2D eigenvalue weighted by atomic mass is 35.5. The summed E-state index contributed by atoms with van der Waals surface area (Å²) < 4.78 is 27.4. The Kier molecular flexibility index (Phi) is 5.00. The van der Waals surface area contributed by atoms with Crippen molar-refractivity contribution in [2.45, 2.75) is 10.8 Å². The third-order valence-corrected chi connectivity index (χ3v) is 7.81. The molecule has 0 fully saturated rings. The predicted octanol–water partition coefficient (Wildman–Crippen LogP) is 4.23. The van der Waals surface area contributed by atoms with E-state index in [9.17, 15) is 13.2 Å². The van der Waals surface area contributed by atoms with Crippen molar-refractivity contribution in [3.8, 4) is 0 Å². The number of nitrogens with one attached hydrogen (secondary N) is 1. The first-order valence-electron chi connectivity index (χ1n) is 6.36. The molecule has 0 amide bonds. The van der Waals surface area contributed by atoms with Crippen LogP contribution in [0.15, 0.2) is 45.3 Å². The van der Waals surface area contributed by atoms with Gasteiger partial charge in [-0.25, -0.2) is 13.1 Å². The first-order valence-corrected chi connectivity index (χ1v) is 10.8. The van der Waals surface area contributed by atoms with Crippen molar-refractivity contribution in [2.24, 2.45) is 0 Å². The number of sulfonamides is 1. The molecule has 23 heavy (non-hydrogen) atoms. The van der Waals surface area contributed by atoms with Gasteiger partial charge >= 0.3 is 0 Å². The minimum atomic E-state index is -3.58. The van der Waals surface area contributed by atoms with Crippen molar-refractivity contribution in [3.63, 3.8) is 0 Å². The van der Waals surface area contributed by atoms with E-state index >= 15 is 0 Å². The lowest BCUT2D eigenvalue weighted by atomic mass is 10.2. The summed E-state index contributed by atoms with van der Waals surface area (Å²) >= 11 is 9.52. The van der Waals surface area contributed by atoms with Gasteiger partial charge in [-0.3, -0.25) is 4.79 Å². The number of thiophene rings is 3. The SMILES string of the molecule is O=C(c1ccsc1)c1ccc(CNS(=O)(=O)c2ccc(Cl)s2)s1. The Morgan fingerprint density at radius 1 is 1.13 bits per heavy atom. The van der Waals surface area contributed by atoms with E-state index in [1.54, 1.807) is 29.6 Å². The second kappa shape index (κ2) is 6.84. The van der Waals surface area contributed by atoms with Crippen LogP contribution in [0, 0.1) is 0 Å². The lowest BCUT2D eigenvalue weighted by Crippen LogP contribution is -2.21. The first-order chi connectivity index (χ1) is 11.0. The topological polar surface area (TPSA) is 63.2 Å². The molecule has 0 bridgehead atoms. The molecule has 3 heterocycles. The van der Waals surface area contributed by atoms with Crippen LogP contribution in [0.2, 0.25) is 4.34 Å². The van der Waals surface area contributed by atoms with Crippen LogP contribution >= 0.6 is 45.6 Å². The third-order valence-electron chi connectivity index (χ3n) is 2.92. The smallest absolute Gasteiger partial charge is 0.250 e. The third kappa shape index (κ3) is 3.90. The van der Waals surface area contributed by atoms with Crippen LogP contribution in [-0.4, -0.2) is 14.2 Å². The molecule has 4 nitrogen and oxygen atoms in total. The predicted molar refractivity (Wildman–Crippen MR) is 95.4 cm³/mol. The number of halogens is 1. The zero-order chi connectivity index (χ0) is 16.4. The van der Waals surface area contributed by atoms with Crippen LogP contribution in [0.1, 0.15) is 20.1 Å². The number of carbonyl (C=O) groups is 1. The molecule has 0 aliphatic rings. The van der Waals surface area contributed by atoms with Gasteiger partial charge in [0.25, 0.3) is 0 Å². The van der Waals surface area contributed by atoms with Crippen molar-refractivity contribution in [3.05, 3.63) is 60.7 Å². The van der Waals surface area contributed by atoms with Gasteiger partial charge < -0.3 is 0 Å². The van der Waals surface area contributed by atoms with E-state index in [1.165, 1.54) is 28.7 Å². The molecular weight excluding hydrogens is 394 g/mol. The highest BCUT2D eigenvalue weighted by molar-refractivity contribution is 7.91. The number of rotatable bonds is 6. The van der Waals surface area contributed by atoms with Crippen LogP contribution in [0.4, 0.5) is 0 Å². The van der Waals surface area contributed by atoms with Crippen molar-refractivity contribution < 1.29 is 13.2 Å². The molecule has 3 rings (SSSR count). The number of ketones is 1. The zero-order valence-corrected chi connectivity index (χ0v) is 15.5. The molecule has 3 aromatic heterocycles. The zero-order valence-electron chi connectivity index (χ0n) is 11.5. The van der Waals surface area contributed by atoms with E-state index < -0.39 is 10.0 Å².